The third kappa shape index (κ3) is 4.06. The largest absolute Gasteiger partial charge is 0.352 e. The highest BCUT2D eigenvalue weighted by molar-refractivity contribution is 5.87. The van der Waals surface area contributed by atoms with Crippen LogP contribution in [0.15, 0.2) is 12.5 Å². The summed E-state index contributed by atoms with van der Waals surface area (Å²) in [6, 6.07) is -0.0950. The Balaban J connectivity index is 0.00000144. The van der Waals surface area contributed by atoms with E-state index in [0.29, 0.717) is 19.5 Å². The molecule has 1 amide bonds. The third-order valence-corrected chi connectivity index (χ3v) is 3.94. The number of hydrogen-bond donors (Lipinski definition) is 1. The monoisotopic (exact) mass is 375 g/mol. The molecule has 0 aromatic carbocycles. The lowest BCUT2D eigenvalue weighted by molar-refractivity contribution is -0.131. The van der Waals surface area contributed by atoms with Crippen LogP contribution in [0, 0.1) is 0 Å². The van der Waals surface area contributed by atoms with Gasteiger partial charge in [-0.1, -0.05) is 0 Å². The molecule has 2 aromatic heterocycles. The number of nitrogens with zero attached hydrogens (tertiary/aromatic N) is 6. The van der Waals surface area contributed by atoms with Gasteiger partial charge in [0, 0.05) is 45.7 Å². The lowest BCUT2D eigenvalue weighted by Crippen LogP contribution is -2.49. The predicted molar refractivity (Wildman–Crippen MR) is 97.9 cm³/mol. The van der Waals surface area contributed by atoms with Gasteiger partial charge in [0.2, 0.25) is 5.91 Å². The first-order chi connectivity index (χ1) is 10.6. The van der Waals surface area contributed by atoms with Crippen LogP contribution in [0.2, 0.25) is 0 Å². The van der Waals surface area contributed by atoms with Gasteiger partial charge in [-0.2, -0.15) is 5.10 Å². The van der Waals surface area contributed by atoms with Gasteiger partial charge in [0.1, 0.15) is 12.1 Å². The number of aryl methyl sites for hydroxylation is 1. The molecule has 0 saturated carbocycles. The van der Waals surface area contributed by atoms with Crippen molar-refractivity contribution >= 4 is 47.6 Å². The Morgan fingerprint density at radius 3 is 2.54 bits per heavy atom. The minimum absolute atomic E-state index is 0. The topological polar surface area (TPSA) is 93.2 Å². The van der Waals surface area contributed by atoms with Gasteiger partial charge in [0.15, 0.2) is 5.65 Å². The molecule has 1 aliphatic heterocycles. The quantitative estimate of drug-likeness (QED) is 0.843. The summed E-state index contributed by atoms with van der Waals surface area (Å²) >= 11 is 0. The summed E-state index contributed by atoms with van der Waals surface area (Å²) in [4.78, 5) is 24.8. The number of piperazine rings is 1. The second-order valence-corrected chi connectivity index (χ2v) is 5.75. The van der Waals surface area contributed by atoms with Gasteiger partial charge in [-0.15, -0.1) is 24.8 Å². The Kier molecular flexibility index (Phi) is 7.19. The Morgan fingerprint density at radius 1 is 1.25 bits per heavy atom. The van der Waals surface area contributed by atoms with Crippen molar-refractivity contribution in [3.05, 3.63) is 12.5 Å². The first kappa shape index (κ1) is 20.4. The summed E-state index contributed by atoms with van der Waals surface area (Å²) in [6.07, 6.45) is 3.76. The molecule has 0 spiro atoms. The molecule has 3 rings (SSSR count). The van der Waals surface area contributed by atoms with E-state index in [9.17, 15) is 4.79 Å². The first-order valence-electron chi connectivity index (χ1n) is 7.47. The highest BCUT2D eigenvalue weighted by Crippen LogP contribution is 2.23. The Hall–Kier alpha value is -1.64. The molecular weight excluding hydrogens is 353 g/mol. The molecule has 24 heavy (non-hydrogen) atoms. The molecule has 0 aliphatic carbocycles. The second-order valence-electron chi connectivity index (χ2n) is 5.75. The van der Waals surface area contributed by atoms with E-state index in [4.69, 9.17) is 5.73 Å². The number of carbonyl (C=O) groups excluding carboxylic acids is 1. The van der Waals surface area contributed by atoms with Crippen molar-refractivity contribution in [3.63, 3.8) is 0 Å². The van der Waals surface area contributed by atoms with E-state index in [0.717, 1.165) is 29.9 Å². The number of fused-ring (bicyclic) bond motifs is 1. The summed E-state index contributed by atoms with van der Waals surface area (Å²) in [6.45, 7) is 4.75. The number of hydrogen-bond acceptors (Lipinski definition) is 6. The maximum atomic E-state index is 12.1. The number of aromatic nitrogens is 4. The number of nitrogens with two attached hydrogens (primary N) is 1. The third-order valence-electron chi connectivity index (χ3n) is 3.94. The summed E-state index contributed by atoms with van der Waals surface area (Å²) in [7, 11) is 1.86. The number of anilines is 1. The number of rotatable bonds is 3. The fraction of sp³-hybridized carbons (Fsp3) is 0.571. The van der Waals surface area contributed by atoms with Gasteiger partial charge in [-0.3, -0.25) is 9.48 Å². The average Bonchev–Trinajstić information content (AvgIpc) is 2.88. The van der Waals surface area contributed by atoms with Crippen molar-refractivity contribution in [3.8, 4) is 0 Å². The van der Waals surface area contributed by atoms with Crippen molar-refractivity contribution in [2.45, 2.75) is 19.4 Å². The fourth-order valence-corrected chi connectivity index (χ4v) is 2.77. The summed E-state index contributed by atoms with van der Waals surface area (Å²) in [5, 5.41) is 5.18. The van der Waals surface area contributed by atoms with Crippen LogP contribution in [0.3, 0.4) is 0 Å². The highest BCUT2D eigenvalue weighted by Gasteiger charge is 2.24. The van der Waals surface area contributed by atoms with Crippen molar-refractivity contribution in [1.29, 1.82) is 0 Å². The highest BCUT2D eigenvalue weighted by atomic mass is 35.5. The van der Waals surface area contributed by atoms with E-state index < -0.39 is 0 Å². The fourth-order valence-electron chi connectivity index (χ4n) is 2.77. The van der Waals surface area contributed by atoms with Crippen LogP contribution in [0.25, 0.3) is 11.0 Å². The number of amides is 1. The average molecular weight is 376 g/mol. The zero-order valence-corrected chi connectivity index (χ0v) is 15.4. The molecular formula is C14H23Cl2N7O. The van der Waals surface area contributed by atoms with Gasteiger partial charge in [-0.25, -0.2) is 9.97 Å². The zero-order chi connectivity index (χ0) is 15.7. The van der Waals surface area contributed by atoms with Crippen molar-refractivity contribution in [2.75, 3.05) is 31.1 Å². The molecule has 0 radical (unpaired) electrons. The van der Waals surface area contributed by atoms with Crippen molar-refractivity contribution < 1.29 is 4.79 Å². The van der Waals surface area contributed by atoms with Crippen molar-refractivity contribution in [1.82, 2.24) is 24.6 Å². The van der Waals surface area contributed by atoms with Gasteiger partial charge in [-0.05, 0) is 6.92 Å². The maximum Gasteiger partial charge on any atom is 0.224 e. The Morgan fingerprint density at radius 2 is 1.92 bits per heavy atom. The molecule has 3 heterocycles. The smallest absolute Gasteiger partial charge is 0.224 e. The summed E-state index contributed by atoms with van der Waals surface area (Å²) < 4.78 is 1.74. The van der Waals surface area contributed by atoms with Crippen LogP contribution in [-0.2, 0) is 11.8 Å². The van der Waals surface area contributed by atoms with E-state index in [2.05, 4.69) is 20.0 Å². The molecule has 10 heteroatoms. The van der Waals surface area contributed by atoms with Crippen molar-refractivity contribution in [2.24, 2.45) is 12.8 Å². The molecule has 1 saturated heterocycles. The molecule has 1 fully saturated rings. The SMILES string of the molecule is CC(N)CC(=O)N1CCN(c2ncnc3c2cnn3C)CC1.Cl.Cl. The van der Waals surface area contributed by atoms with Crippen LogP contribution in [0.5, 0.6) is 0 Å². The lowest BCUT2D eigenvalue weighted by Gasteiger charge is -2.35. The van der Waals surface area contributed by atoms with Gasteiger partial charge < -0.3 is 15.5 Å². The van der Waals surface area contributed by atoms with Gasteiger partial charge in [0.25, 0.3) is 0 Å². The normalized spacial score (nSPS) is 15.6. The van der Waals surface area contributed by atoms with Crippen LogP contribution in [-0.4, -0.2) is 62.8 Å². The van der Waals surface area contributed by atoms with Gasteiger partial charge >= 0.3 is 0 Å². The molecule has 2 aromatic rings. The van der Waals surface area contributed by atoms with Crippen LogP contribution >= 0.6 is 24.8 Å². The molecule has 0 bridgehead atoms. The van der Waals surface area contributed by atoms with Crippen LogP contribution in [0.4, 0.5) is 5.82 Å². The first-order valence-corrected chi connectivity index (χ1v) is 7.47. The number of halogens is 2. The predicted octanol–water partition coefficient (Wildman–Crippen LogP) is 0.593. The van der Waals surface area contributed by atoms with E-state index in [-0.39, 0.29) is 36.8 Å². The lowest BCUT2D eigenvalue weighted by atomic mass is 10.2. The molecule has 8 nitrogen and oxygen atoms in total. The molecule has 2 N–H and O–H groups in total. The molecule has 134 valence electrons. The second kappa shape index (κ2) is 8.46. The Bertz CT molecular complexity index is 683. The van der Waals surface area contributed by atoms with E-state index in [1.165, 1.54) is 0 Å². The Labute approximate surface area is 153 Å². The molecule has 1 atom stereocenters. The van der Waals surface area contributed by atoms with E-state index in [1.54, 1.807) is 17.2 Å². The minimum atomic E-state index is -0.0950. The standard InChI is InChI=1S/C14H21N7O.2ClH/c1-10(15)7-12(22)20-3-5-21(6-4-20)14-11-8-18-19(2)13(11)16-9-17-14;;/h8-10H,3-7,15H2,1-2H3;2*1H. The minimum Gasteiger partial charge on any atom is -0.352 e. The number of carbonyl (C=O) groups is 1. The molecule has 1 aliphatic rings. The van der Waals surface area contributed by atoms with E-state index >= 15 is 0 Å². The maximum absolute atomic E-state index is 12.1. The van der Waals surface area contributed by atoms with Crippen LogP contribution in [0.1, 0.15) is 13.3 Å². The van der Waals surface area contributed by atoms with Gasteiger partial charge in [0.05, 0.1) is 11.6 Å². The molecule has 1 unspecified atom stereocenters. The van der Waals surface area contributed by atoms with E-state index in [1.807, 2.05) is 18.9 Å². The summed E-state index contributed by atoms with van der Waals surface area (Å²) in [5.41, 5.74) is 6.52. The summed E-state index contributed by atoms with van der Waals surface area (Å²) in [5.74, 6) is 1.02. The van der Waals surface area contributed by atoms with Crippen LogP contribution < -0.4 is 10.6 Å². The zero-order valence-electron chi connectivity index (χ0n) is 13.8.